The quantitative estimate of drug-likeness (QED) is 0.841. The lowest BCUT2D eigenvalue weighted by Crippen LogP contribution is -1.97. The zero-order chi connectivity index (χ0) is 13.3. The summed E-state index contributed by atoms with van der Waals surface area (Å²) in [5.41, 5.74) is 2.02. The number of furan rings is 1. The third-order valence-corrected chi connectivity index (χ3v) is 2.73. The van der Waals surface area contributed by atoms with Gasteiger partial charge in [0.25, 0.3) is 0 Å². The molecule has 0 radical (unpaired) electrons. The highest BCUT2D eigenvalue weighted by molar-refractivity contribution is 6.28. The Hall–Kier alpha value is -2.06. The zero-order valence-corrected chi connectivity index (χ0v) is 11.0. The predicted octanol–water partition coefficient (Wildman–Crippen LogP) is 3.26. The number of aromatic nitrogens is 2. The van der Waals surface area contributed by atoms with Crippen molar-refractivity contribution in [1.29, 1.82) is 5.26 Å². The fraction of sp³-hybridized carbons (Fsp3) is 0.250. The molecule has 2 rings (SSSR count). The van der Waals surface area contributed by atoms with Gasteiger partial charge in [0.2, 0.25) is 11.2 Å². The summed E-state index contributed by atoms with van der Waals surface area (Å²) in [5, 5.41) is 12.2. The van der Waals surface area contributed by atoms with Crippen molar-refractivity contribution in [3.05, 3.63) is 33.9 Å². The van der Waals surface area contributed by atoms with Crippen molar-refractivity contribution in [3.63, 3.8) is 0 Å². The molecular weight excluding hydrogens is 252 g/mol. The molecule has 2 heterocycles. The van der Waals surface area contributed by atoms with E-state index in [0.717, 1.165) is 11.3 Å². The number of rotatable bonds is 2. The Balaban J connectivity index is 2.40. The van der Waals surface area contributed by atoms with Gasteiger partial charge in [-0.3, -0.25) is 0 Å². The molecule has 18 heavy (non-hydrogen) atoms. The average Bonchev–Trinajstić information content (AvgIpc) is 2.52. The van der Waals surface area contributed by atoms with Gasteiger partial charge in [-0.15, -0.1) is 0 Å². The first kappa shape index (κ1) is 12.4. The Bertz CT molecular complexity index is 622. The van der Waals surface area contributed by atoms with Gasteiger partial charge in [0, 0.05) is 17.3 Å². The van der Waals surface area contributed by atoms with Crippen LogP contribution in [0.15, 0.2) is 10.5 Å². The van der Waals surface area contributed by atoms with Crippen molar-refractivity contribution in [2.75, 3.05) is 5.32 Å². The van der Waals surface area contributed by atoms with Crippen LogP contribution in [0.4, 0.5) is 11.7 Å². The summed E-state index contributed by atoms with van der Waals surface area (Å²) in [7, 11) is 0. The smallest absolute Gasteiger partial charge is 0.224 e. The average molecular weight is 263 g/mol. The molecule has 0 saturated heterocycles. The lowest BCUT2D eigenvalue weighted by atomic mass is 10.2. The molecular formula is C12H11ClN4O. The van der Waals surface area contributed by atoms with E-state index in [1.165, 1.54) is 0 Å². The van der Waals surface area contributed by atoms with Crippen LogP contribution in [0.25, 0.3) is 0 Å². The lowest BCUT2D eigenvalue weighted by Gasteiger charge is -2.03. The van der Waals surface area contributed by atoms with E-state index in [0.29, 0.717) is 23.0 Å². The van der Waals surface area contributed by atoms with Gasteiger partial charge >= 0.3 is 0 Å². The van der Waals surface area contributed by atoms with Gasteiger partial charge in [0.15, 0.2) is 0 Å². The lowest BCUT2D eigenvalue weighted by molar-refractivity contribution is 0.548. The first-order valence-electron chi connectivity index (χ1n) is 5.29. The van der Waals surface area contributed by atoms with Crippen LogP contribution >= 0.6 is 11.6 Å². The molecule has 1 N–H and O–H groups in total. The third-order valence-electron chi connectivity index (χ3n) is 2.57. The topological polar surface area (TPSA) is 74.7 Å². The van der Waals surface area contributed by atoms with Crippen LogP contribution in [0.5, 0.6) is 0 Å². The second-order valence-electron chi connectivity index (χ2n) is 3.89. The summed E-state index contributed by atoms with van der Waals surface area (Å²) in [5.74, 6) is 1.57. The molecule has 0 bridgehead atoms. The van der Waals surface area contributed by atoms with Crippen LogP contribution in [0, 0.1) is 32.1 Å². The van der Waals surface area contributed by atoms with Crippen LogP contribution in [0.1, 0.15) is 22.6 Å². The molecule has 0 amide bonds. The highest BCUT2D eigenvalue weighted by atomic mass is 35.5. The molecule has 92 valence electrons. The number of nitriles is 1. The Morgan fingerprint density at radius 2 is 2.06 bits per heavy atom. The summed E-state index contributed by atoms with van der Waals surface area (Å²) >= 11 is 5.77. The van der Waals surface area contributed by atoms with E-state index >= 15 is 0 Å². The van der Waals surface area contributed by atoms with Crippen molar-refractivity contribution in [3.8, 4) is 6.07 Å². The van der Waals surface area contributed by atoms with Crippen LogP contribution < -0.4 is 5.32 Å². The first-order chi connectivity index (χ1) is 8.51. The van der Waals surface area contributed by atoms with Gasteiger partial charge in [-0.25, -0.2) is 9.97 Å². The number of nitrogens with zero attached hydrogens (tertiary/aromatic N) is 3. The molecule has 0 aliphatic rings. The highest BCUT2D eigenvalue weighted by Crippen LogP contribution is 2.28. The summed E-state index contributed by atoms with van der Waals surface area (Å²) in [6.45, 7) is 5.45. The van der Waals surface area contributed by atoms with Gasteiger partial charge in [0.1, 0.15) is 23.2 Å². The largest absolute Gasteiger partial charge is 0.444 e. The van der Waals surface area contributed by atoms with Gasteiger partial charge in [-0.05, 0) is 32.4 Å². The maximum absolute atomic E-state index is 9.09. The number of anilines is 2. The summed E-state index contributed by atoms with van der Waals surface area (Å²) in [6.07, 6.45) is 0. The molecule has 0 aliphatic heterocycles. The van der Waals surface area contributed by atoms with Crippen LogP contribution in [-0.2, 0) is 0 Å². The molecule has 0 aromatic carbocycles. The molecule has 0 spiro atoms. The Morgan fingerprint density at radius 3 is 2.67 bits per heavy atom. The standard InChI is InChI=1S/C12H11ClN4O/c1-6-4-10(17-12(13)15-6)16-11-9(5-14)7(2)8(3)18-11/h4H,1-3H3,(H,15,16,17). The van der Waals surface area contributed by atoms with Crippen LogP contribution in [0.3, 0.4) is 0 Å². The van der Waals surface area contributed by atoms with Gasteiger partial charge in [-0.2, -0.15) is 5.26 Å². The molecule has 5 nitrogen and oxygen atoms in total. The number of halogens is 1. The molecule has 0 fully saturated rings. The number of hydrogen-bond acceptors (Lipinski definition) is 5. The van der Waals surface area contributed by atoms with Crippen LogP contribution in [-0.4, -0.2) is 9.97 Å². The van der Waals surface area contributed by atoms with Crippen molar-refractivity contribution >= 4 is 23.3 Å². The van der Waals surface area contributed by atoms with E-state index in [9.17, 15) is 0 Å². The number of hydrogen-bond donors (Lipinski definition) is 1. The Morgan fingerprint density at radius 1 is 1.33 bits per heavy atom. The van der Waals surface area contributed by atoms with Crippen molar-refractivity contribution in [2.24, 2.45) is 0 Å². The molecule has 0 unspecified atom stereocenters. The molecule has 2 aromatic rings. The fourth-order valence-corrected chi connectivity index (χ4v) is 1.79. The monoisotopic (exact) mass is 262 g/mol. The second kappa shape index (κ2) is 4.67. The van der Waals surface area contributed by atoms with E-state index in [4.69, 9.17) is 21.3 Å². The molecule has 2 aromatic heterocycles. The molecule has 0 saturated carbocycles. The number of aryl methyl sites for hydroxylation is 2. The van der Waals surface area contributed by atoms with Crippen LogP contribution in [0.2, 0.25) is 5.28 Å². The van der Waals surface area contributed by atoms with E-state index < -0.39 is 0 Å². The van der Waals surface area contributed by atoms with E-state index in [-0.39, 0.29) is 5.28 Å². The fourth-order valence-electron chi connectivity index (χ4n) is 1.56. The predicted molar refractivity (Wildman–Crippen MR) is 68.0 cm³/mol. The maximum Gasteiger partial charge on any atom is 0.224 e. The zero-order valence-electron chi connectivity index (χ0n) is 10.2. The summed E-state index contributed by atoms with van der Waals surface area (Å²) in [6, 6.07) is 3.82. The first-order valence-corrected chi connectivity index (χ1v) is 5.67. The minimum Gasteiger partial charge on any atom is -0.444 e. The Kier molecular flexibility index (Phi) is 3.21. The highest BCUT2D eigenvalue weighted by Gasteiger charge is 2.15. The maximum atomic E-state index is 9.09. The SMILES string of the molecule is Cc1cc(Nc2oc(C)c(C)c2C#N)nc(Cl)n1. The van der Waals surface area contributed by atoms with Crippen molar-refractivity contribution in [2.45, 2.75) is 20.8 Å². The van der Waals surface area contributed by atoms with Crippen molar-refractivity contribution in [1.82, 2.24) is 9.97 Å². The van der Waals surface area contributed by atoms with E-state index in [1.54, 1.807) is 13.0 Å². The summed E-state index contributed by atoms with van der Waals surface area (Å²) in [4.78, 5) is 7.98. The normalized spacial score (nSPS) is 10.2. The van der Waals surface area contributed by atoms with Gasteiger partial charge in [0.05, 0.1) is 0 Å². The summed E-state index contributed by atoms with van der Waals surface area (Å²) < 4.78 is 5.48. The van der Waals surface area contributed by atoms with Crippen molar-refractivity contribution < 1.29 is 4.42 Å². The minimum absolute atomic E-state index is 0.149. The van der Waals surface area contributed by atoms with E-state index in [1.807, 2.05) is 13.8 Å². The minimum atomic E-state index is 0.149. The molecule has 0 aliphatic carbocycles. The van der Waals surface area contributed by atoms with Gasteiger partial charge in [-0.1, -0.05) is 0 Å². The van der Waals surface area contributed by atoms with Gasteiger partial charge < -0.3 is 9.73 Å². The third kappa shape index (κ3) is 2.29. The molecule has 0 atom stereocenters. The molecule has 6 heteroatoms. The Labute approximate surface area is 109 Å². The number of nitrogens with one attached hydrogen (secondary N) is 1. The second-order valence-corrected chi connectivity index (χ2v) is 4.23. The van der Waals surface area contributed by atoms with E-state index in [2.05, 4.69) is 21.4 Å².